The summed E-state index contributed by atoms with van der Waals surface area (Å²) >= 11 is 0. The molecule has 1 saturated heterocycles. The van der Waals surface area contributed by atoms with Crippen molar-refractivity contribution in [1.29, 1.82) is 0 Å². The summed E-state index contributed by atoms with van der Waals surface area (Å²) in [6.45, 7) is 5.90. The number of ether oxygens (including phenoxy) is 1. The zero-order valence-electron chi connectivity index (χ0n) is 9.75. The van der Waals surface area contributed by atoms with Crippen LogP contribution in [0.2, 0.25) is 0 Å². The molecule has 0 saturated carbocycles. The molecule has 0 radical (unpaired) electrons. The van der Waals surface area contributed by atoms with Gasteiger partial charge in [0, 0.05) is 19.6 Å². The van der Waals surface area contributed by atoms with Crippen LogP contribution in [-0.4, -0.2) is 35.5 Å². The van der Waals surface area contributed by atoms with E-state index in [-0.39, 0.29) is 0 Å². The zero-order chi connectivity index (χ0) is 11.6. The molecule has 1 atom stereocenters. The number of nitrogens with one attached hydrogen (secondary N) is 1. The molecule has 0 spiro atoms. The fourth-order valence-electron chi connectivity index (χ4n) is 1.75. The SMILES string of the molecule is Cc1nc(CNCC2(O)CCOC2)oc1C. The molecule has 1 aromatic heterocycles. The Balaban J connectivity index is 1.79. The van der Waals surface area contributed by atoms with Crippen molar-refractivity contribution in [2.24, 2.45) is 0 Å². The van der Waals surface area contributed by atoms with Crippen molar-refractivity contribution in [3.05, 3.63) is 17.3 Å². The Morgan fingerprint density at radius 1 is 1.50 bits per heavy atom. The topological polar surface area (TPSA) is 67.5 Å². The third kappa shape index (κ3) is 2.61. The third-order valence-electron chi connectivity index (χ3n) is 2.89. The minimum atomic E-state index is -0.726. The van der Waals surface area contributed by atoms with Gasteiger partial charge in [0.2, 0.25) is 5.89 Å². The second-order valence-electron chi connectivity index (χ2n) is 4.38. The number of nitrogens with zero attached hydrogens (tertiary/aromatic N) is 1. The number of aromatic nitrogens is 1. The summed E-state index contributed by atoms with van der Waals surface area (Å²) in [6, 6.07) is 0. The van der Waals surface area contributed by atoms with Crippen LogP contribution in [-0.2, 0) is 11.3 Å². The van der Waals surface area contributed by atoms with Crippen molar-refractivity contribution in [3.63, 3.8) is 0 Å². The minimum Gasteiger partial charge on any atom is -0.444 e. The molecular formula is C11H18N2O3. The van der Waals surface area contributed by atoms with E-state index in [2.05, 4.69) is 10.3 Å². The lowest BCUT2D eigenvalue weighted by Gasteiger charge is -2.19. The second-order valence-corrected chi connectivity index (χ2v) is 4.38. The Hall–Kier alpha value is -0.910. The summed E-state index contributed by atoms with van der Waals surface area (Å²) in [5.41, 5.74) is 0.191. The fourth-order valence-corrected chi connectivity index (χ4v) is 1.75. The predicted octanol–water partition coefficient (Wildman–Crippen LogP) is 0.532. The first-order chi connectivity index (χ1) is 7.59. The largest absolute Gasteiger partial charge is 0.444 e. The molecule has 1 aliphatic heterocycles. The standard InChI is InChI=1S/C11H18N2O3/c1-8-9(2)16-10(13-8)5-12-6-11(14)3-4-15-7-11/h12,14H,3-7H2,1-2H3. The number of oxazole rings is 1. The van der Waals surface area contributed by atoms with Crippen LogP contribution < -0.4 is 5.32 Å². The van der Waals surface area contributed by atoms with Crippen LogP contribution in [0.1, 0.15) is 23.8 Å². The van der Waals surface area contributed by atoms with Gasteiger partial charge in [-0.2, -0.15) is 0 Å². The van der Waals surface area contributed by atoms with E-state index in [4.69, 9.17) is 9.15 Å². The van der Waals surface area contributed by atoms with Gasteiger partial charge in [0.25, 0.3) is 0 Å². The molecule has 0 aliphatic carbocycles. The maximum atomic E-state index is 9.99. The molecule has 2 heterocycles. The Morgan fingerprint density at radius 2 is 2.31 bits per heavy atom. The molecule has 1 fully saturated rings. The maximum absolute atomic E-state index is 9.99. The maximum Gasteiger partial charge on any atom is 0.208 e. The van der Waals surface area contributed by atoms with Gasteiger partial charge in [0.1, 0.15) is 11.4 Å². The molecule has 1 unspecified atom stereocenters. The lowest BCUT2D eigenvalue weighted by atomic mass is 10.0. The lowest BCUT2D eigenvalue weighted by molar-refractivity contribution is 0.0264. The molecule has 5 heteroatoms. The van der Waals surface area contributed by atoms with Crippen LogP contribution in [0.15, 0.2) is 4.42 Å². The van der Waals surface area contributed by atoms with E-state index in [0.29, 0.717) is 38.6 Å². The van der Waals surface area contributed by atoms with E-state index in [0.717, 1.165) is 11.5 Å². The Kier molecular flexibility index (Phi) is 3.28. The lowest BCUT2D eigenvalue weighted by Crippen LogP contribution is -2.40. The van der Waals surface area contributed by atoms with Crippen molar-refractivity contribution in [2.75, 3.05) is 19.8 Å². The smallest absolute Gasteiger partial charge is 0.208 e. The second kappa shape index (κ2) is 4.53. The number of aliphatic hydroxyl groups is 1. The van der Waals surface area contributed by atoms with Crippen LogP contribution in [0, 0.1) is 13.8 Å². The van der Waals surface area contributed by atoms with Gasteiger partial charge in [0.05, 0.1) is 18.8 Å². The van der Waals surface area contributed by atoms with Crippen molar-refractivity contribution >= 4 is 0 Å². The quantitative estimate of drug-likeness (QED) is 0.784. The summed E-state index contributed by atoms with van der Waals surface area (Å²) in [5.74, 6) is 1.51. The third-order valence-corrected chi connectivity index (χ3v) is 2.89. The highest BCUT2D eigenvalue weighted by Gasteiger charge is 2.31. The molecule has 90 valence electrons. The average molecular weight is 226 g/mol. The Morgan fingerprint density at radius 3 is 2.88 bits per heavy atom. The normalized spacial score (nSPS) is 25.2. The first kappa shape index (κ1) is 11.6. The van der Waals surface area contributed by atoms with E-state index in [9.17, 15) is 5.11 Å². The molecule has 16 heavy (non-hydrogen) atoms. The summed E-state index contributed by atoms with van der Waals surface area (Å²) in [7, 11) is 0. The highest BCUT2D eigenvalue weighted by Crippen LogP contribution is 2.17. The number of hydrogen-bond acceptors (Lipinski definition) is 5. The number of hydrogen-bond donors (Lipinski definition) is 2. The molecule has 2 rings (SSSR count). The van der Waals surface area contributed by atoms with Gasteiger partial charge in [0.15, 0.2) is 0 Å². The molecular weight excluding hydrogens is 208 g/mol. The summed E-state index contributed by atoms with van der Waals surface area (Å²) in [6.07, 6.45) is 0.684. The van der Waals surface area contributed by atoms with Crippen molar-refractivity contribution in [2.45, 2.75) is 32.4 Å². The molecule has 2 N–H and O–H groups in total. The zero-order valence-corrected chi connectivity index (χ0v) is 9.75. The number of aryl methyl sites for hydroxylation is 2. The van der Waals surface area contributed by atoms with Gasteiger partial charge in [-0.15, -0.1) is 0 Å². The fraction of sp³-hybridized carbons (Fsp3) is 0.727. The van der Waals surface area contributed by atoms with Crippen LogP contribution in [0.25, 0.3) is 0 Å². The van der Waals surface area contributed by atoms with Crippen molar-refractivity contribution in [1.82, 2.24) is 10.3 Å². The molecule has 0 bridgehead atoms. The van der Waals surface area contributed by atoms with Crippen LogP contribution >= 0.6 is 0 Å². The summed E-state index contributed by atoms with van der Waals surface area (Å²) < 4.78 is 10.6. The Labute approximate surface area is 94.8 Å². The van der Waals surface area contributed by atoms with Gasteiger partial charge >= 0.3 is 0 Å². The van der Waals surface area contributed by atoms with Gasteiger partial charge in [-0.25, -0.2) is 4.98 Å². The van der Waals surface area contributed by atoms with E-state index < -0.39 is 5.60 Å². The molecule has 1 aliphatic rings. The average Bonchev–Trinajstić information content (AvgIpc) is 2.76. The summed E-state index contributed by atoms with van der Waals surface area (Å²) in [5, 5.41) is 13.1. The first-order valence-corrected chi connectivity index (χ1v) is 5.53. The summed E-state index contributed by atoms with van der Waals surface area (Å²) in [4.78, 5) is 4.26. The van der Waals surface area contributed by atoms with Crippen LogP contribution in [0.4, 0.5) is 0 Å². The van der Waals surface area contributed by atoms with E-state index >= 15 is 0 Å². The molecule has 5 nitrogen and oxygen atoms in total. The first-order valence-electron chi connectivity index (χ1n) is 5.53. The predicted molar refractivity (Wildman–Crippen MR) is 58.1 cm³/mol. The number of rotatable bonds is 4. The molecule has 1 aromatic rings. The van der Waals surface area contributed by atoms with Crippen LogP contribution in [0.3, 0.4) is 0 Å². The van der Waals surface area contributed by atoms with E-state index in [1.54, 1.807) is 0 Å². The highest BCUT2D eigenvalue weighted by molar-refractivity contribution is 5.05. The van der Waals surface area contributed by atoms with E-state index in [1.807, 2.05) is 13.8 Å². The van der Waals surface area contributed by atoms with E-state index in [1.165, 1.54) is 0 Å². The van der Waals surface area contributed by atoms with Crippen molar-refractivity contribution < 1.29 is 14.3 Å². The molecule has 0 amide bonds. The highest BCUT2D eigenvalue weighted by atomic mass is 16.5. The van der Waals surface area contributed by atoms with Gasteiger partial charge in [-0.1, -0.05) is 0 Å². The monoisotopic (exact) mass is 226 g/mol. The van der Waals surface area contributed by atoms with Crippen molar-refractivity contribution in [3.8, 4) is 0 Å². The Bertz CT molecular complexity index is 337. The molecule has 0 aromatic carbocycles. The minimum absolute atomic E-state index is 0.406. The van der Waals surface area contributed by atoms with Gasteiger partial charge < -0.3 is 19.6 Å². The van der Waals surface area contributed by atoms with Gasteiger partial charge in [-0.3, -0.25) is 0 Å². The van der Waals surface area contributed by atoms with Gasteiger partial charge in [-0.05, 0) is 13.8 Å². The van der Waals surface area contributed by atoms with Crippen LogP contribution in [0.5, 0.6) is 0 Å².